The molecule has 10 heavy (non-hydrogen) atoms. The molecular formula is C8H12F2. The van der Waals surface area contributed by atoms with E-state index in [1.165, 1.54) is 13.0 Å². The normalized spacial score (nSPS) is 15.1. The van der Waals surface area contributed by atoms with E-state index in [1.54, 1.807) is 13.8 Å². The summed E-state index contributed by atoms with van der Waals surface area (Å²) in [6.07, 6.45) is 1.67. The van der Waals surface area contributed by atoms with E-state index in [1.807, 2.05) is 0 Å². The van der Waals surface area contributed by atoms with Crippen LogP contribution in [0.3, 0.4) is 0 Å². The Labute approximate surface area is 60.2 Å². The minimum absolute atomic E-state index is 0.169. The second-order valence-electron chi connectivity index (χ2n) is 2.00. The second-order valence-corrected chi connectivity index (χ2v) is 2.00. The van der Waals surface area contributed by atoms with Crippen molar-refractivity contribution < 1.29 is 8.78 Å². The second kappa shape index (κ2) is 4.20. The van der Waals surface area contributed by atoms with Crippen molar-refractivity contribution in [2.75, 3.05) is 0 Å². The number of hydrogen-bond acceptors (Lipinski definition) is 0. The lowest BCUT2D eigenvalue weighted by Crippen LogP contribution is -1.83. The molecule has 0 saturated carbocycles. The van der Waals surface area contributed by atoms with Gasteiger partial charge in [0, 0.05) is 5.57 Å². The van der Waals surface area contributed by atoms with Gasteiger partial charge in [-0.05, 0) is 20.3 Å². The van der Waals surface area contributed by atoms with Crippen LogP contribution in [0.4, 0.5) is 8.78 Å². The molecule has 0 radical (unpaired) electrons. The van der Waals surface area contributed by atoms with Gasteiger partial charge in [-0.2, -0.15) is 0 Å². The predicted octanol–water partition coefficient (Wildman–Crippen LogP) is 3.51. The summed E-state index contributed by atoms with van der Waals surface area (Å²) in [6.45, 7) is 4.54. The molecular weight excluding hydrogens is 134 g/mol. The van der Waals surface area contributed by atoms with E-state index < -0.39 is 11.7 Å². The van der Waals surface area contributed by atoms with Crippen LogP contribution in [0.15, 0.2) is 23.3 Å². The smallest absolute Gasteiger partial charge is 0.124 e. The van der Waals surface area contributed by atoms with E-state index in [0.717, 1.165) is 0 Å². The average Bonchev–Trinajstić information content (AvgIpc) is 1.88. The third-order valence-electron chi connectivity index (χ3n) is 1.31. The molecule has 0 N–H and O–H groups in total. The molecule has 0 aromatic rings. The van der Waals surface area contributed by atoms with Crippen LogP contribution in [0.2, 0.25) is 0 Å². The average molecular weight is 146 g/mol. The van der Waals surface area contributed by atoms with E-state index >= 15 is 0 Å². The Morgan fingerprint density at radius 1 is 1.40 bits per heavy atom. The number of allylic oxidation sites excluding steroid dienone is 4. The van der Waals surface area contributed by atoms with E-state index in [0.29, 0.717) is 6.42 Å². The lowest BCUT2D eigenvalue weighted by molar-refractivity contribution is 0.584. The first-order valence-electron chi connectivity index (χ1n) is 3.30. The Morgan fingerprint density at radius 3 is 2.00 bits per heavy atom. The molecule has 0 atom stereocenters. The number of hydrogen-bond donors (Lipinski definition) is 0. The Hall–Kier alpha value is -0.660. The van der Waals surface area contributed by atoms with Gasteiger partial charge in [-0.25, -0.2) is 8.78 Å². The largest absolute Gasteiger partial charge is 0.212 e. The molecule has 0 aliphatic heterocycles. The fourth-order valence-electron chi connectivity index (χ4n) is 0.751. The van der Waals surface area contributed by atoms with E-state index in [9.17, 15) is 8.78 Å². The van der Waals surface area contributed by atoms with Crippen LogP contribution in [-0.4, -0.2) is 0 Å². The van der Waals surface area contributed by atoms with Gasteiger partial charge in [0.15, 0.2) is 0 Å². The zero-order valence-electron chi connectivity index (χ0n) is 6.54. The summed E-state index contributed by atoms with van der Waals surface area (Å²) in [7, 11) is 0. The topological polar surface area (TPSA) is 0 Å². The van der Waals surface area contributed by atoms with E-state index in [-0.39, 0.29) is 5.57 Å². The molecule has 0 nitrogen and oxygen atoms in total. The lowest BCUT2D eigenvalue weighted by Gasteiger charge is -1.99. The Kier molecular flexibility index (Phi) is 3.93. The highest BCUT2D eigenvalue weighted by molar-refractivity contribution is 5.26. The van der Waals surface area contributed by atoms with Crippen molar-refractivity contribution in [1.29, 1.82) is 0 Å². The van der Waals surface area contributed by atoms with Gasteiger partial charge in [0.25, 0.3) is 0 Å². The minimum Gasteiger partial charge on any atom is -0.212 e. The van der Waals surface area contributed by atoms with Crippen molar-refractivity contribution in [2.24, 2.45) is 0 Å². The summed E-state index contributed by atoms with van der Waals surface area (Å²) in [6, 6.07) is 0. The van der Waals surface area contributed by atoms with E-state index in [2.05, 4.69) is 0 Å². The summed E-state index contributed by atoms with van der Waals surface area (Å²) < 4.78 is 25.0. The summed E-state index contributed by atoms with van der Waals surface area (Å²) in [5.41, 5.74) is 0.169. The number of rotatable bonds is 2. The molecule has 0 bridgehead atoms. The van der Waals surface area contributed by atoms with Crippen LogP contribution in [0.5, 0.6) is 0 Å². The molecule has 0 rings (SSSR count). The van der Waals surface area contributed by atoms with Crippen LogP contribution in [0.25, 0.3) is 0 Å². The van der Waals surface area contributed by atoms with Crippen LogP contribution in [0.1, 0.15) is 27.2 Å². The highest BCUT2D eigenvalue weighted by atomic mass is 19.1. The monoisotopic (exact) mass is 146 g/mol. The van der Waals surface area contributed by atoms with Crippen LogP contribution >= 0.6 is 0 Å². The van der Waals surface area contributed by atoms with Gasteiger partial charge in [-0.1, -0.05) is 13.0 Å². The quantitative estimate of drug-likeness (QED) is 0.523. The Bertz CT molecular complexity index is 156. The molecule has 2 heteroatoms. The summed E-state index contributed by atoms with van der Waals surface area (Å²) in [5, 5.41) is 0. The molecule has 0 unspecified atom stereocenters. The van der Waals surface area contributed by atoms with Gasteiger partial charge in [0.05, 0.1) is 0 Å². The fraction of sp³-hybridized carbons (Fsp3) is 0.500. The highest BCUT2D eigenvalue weighted by Gasteiger charge is 2.03. The molecule has 0 spiro atoms. The zero-order chi connectivity index (χ0) is 8.15. The van der Waals surface area contributed by atoms with Crippen molar-refractivity contribution in [3.8, 4) is 0 Å². The Morgan fingerprint density at radius 2 is 1.90 bits per heavy atom. The first-order valence-corrected chi connectivity index (χ1v) is 3.30. The maximum Gasteiger partial charge on any atom is 0.124 e. The Balaban J connectivity index is 4.54. The molecule has 0 aromatic carbocycles. The van der Waals surface area contributed by atoms with Crippen molar-refractivity contribution in [3.05, 3.63) is 23.3 Å². The summed E-state index contributed by atoms with van der Waals surface area (Å²) in [5.74, 6) is -0.888. The van der Waals surface area contributed by atoms with Crippen LogP contribution in [0, 0.1) is 0 Å². The maximum absolute atomic E-state index is 12.6. The lowest BCUT2D eigenvalue weighted by atomic mass is 10.1. The maximum atomic E-state index is 12.6. The fourth-order valence-corrected chi connectivity index (χ4v) is 0.751. The van der Waals surface area contributed by atoms with Gasteiger partial charge in [-0.3, -0.25) is 0 Å². The van der Waals surface area contributed by atoms with Crippen molar-refractivity contribution in [1.82, 2.24) is 0 Å². The SMILES string of the molecule is C/C=C(F)\C(CC)=C(/C)F. The molecule has 0 aromatic heterocycles. The van der Waals surface area contributed by atoms with Gasteiger partial charge in [-0.15, -0.1) is 0 Å². The van der Waals surface area contributed by atoms with Crippen LogP contribution < -0.4 is 0 Å². The van der Waals surface area contributed by atoms with Crippen molar-refractivity contribution in [2.45, 2.75) is 27.2 Å². The molecule has 0 amide bonds. The van der Waals surface area contributed by atoms with Gasteiger partial charge >= 0.3 is 0 Å². The van der Waals surface area contributed by atoms with E-state index in [4.69, 9.17) is 0 Å². The molecule has 58 valence electrons. The zero-order valence-corrected chi connectivity index (χ0v) is 6.54. The van der Waals surface area contributed by atoms with Crippen molar-refractivity contribution >= 4 is 0 Å². The first-order chi connectivity index (χ1) is 4.63. The third kappa shape index (κ3) is 2.29. The molecule has 0 saturated heterocycles. The van der Waals surface area contributed by atoms with Gasteiger partial charge in [0.1, 0.15) is 11.7 Å². The molecule has 0 fully saturated rings. The summed E-state index contributed by atoms with van der Waals surface area (Å²) in [4.78, 5) is 0. The number of halogens is 2. The third-order valence-corrected chi connectivity index (χ3v) is 1.31. The predicted molar refractivity (Wildman–Crippen MR) is 39.0 cm³/mol. The summed E-state index contributed by atoms with van der Waals surface area (Å²) >= 11 is 0. The highest BCUT2D eigenvalue weighted by Crippen LogP contribution is 2.19. The van der Waals surface area contributed by atoms with Gasteiger partial charge in [0.2, 0.25) is 0 Å². The van der Waals surface area contributed by atoms with Crippen LogP contribution in [-0.2, 0) is 0 Å². The standard InChI is InChI=1S/C8H12F2/c1-4-7(6(3)9)8(10)5-2/h5H,4H2,1-3H3/b7-6+,8-5+. The minimum atomic E-state index is -0.456. The van der Waals surface area contributed by atoms with Gasteiger partial charge < -0.3 is 0 Å². The molecule has 0 heterocycles. The van der Waals surface area contributed by atoms with Crippen molar-refractivity contribution in [3.63, 3.8) is 0 Å². The molecule has 0 aliphatic carbocycles. The first kappa shape index (κ1) is 9.34. The molecule has 0 aliphatic rings.